The third-order valence-corrected chi connectivity index (χ3v) is 4.34. The van der Waals surface area contributed by atoms with Crippen molar-refractivity contribution in [2.45, 2.75) is 20.1 Å². The Balaban J connectivity index is 2.30. The fourth-order valence-corrected chi connectivity index (χ4v) is 2.82. The molecule has 0 aliphatic heterocycles. The zero-order valence-electron chi connectivity index (χ0n) is 17.4. The Labute approximate surface area is 176 Å². The molecule has 0 aliphatic carbocycles. The third-order valence-electron chi connectivity index (χ3n) is 4.34. The van der Waals surface area contributed by atoms with Crippen LogP contribution < -0.4 is 11.1 Å². The number of aliphatic hydroxyl groups excluding tert-OH is 1. The molecule has 0 bridgehead atoms. The van der Waals surface area contributed by atoms with Crippen LogP contribution in [-0.2, 0) is 4.84 Å². The van der Waals surface area contributed by atoms with E-state index < -0.39 is 12.2 Å². The number of nitrogens with two attached hydrogens (primary N) is 1. The van der Waals surface area contributed by atoms with Crippen LogP contribution >= 0.6 is 0 Å². The summed E-state index contributed by atoms with van der Waals surface area (Å²) in [6.07, 6.45) is 0.277. The van der Waals surface area contributed by atoms with Crippen molar-refractivity contribution < 1.29 is 14.3 Å². The van der Waals surface area contributed by atoms with Gasteiger partial charge in [-0.25, -0.2) is 0 Å². The molecule has 6 nitrogen and oxygen atoms in total. The minimum absolute atomic E-state index is 0.0889. The summed E-state index contributed by atoms with van der Waals surface area (Å²) < 4.78 is 14.0. The molecule has 7 heteroatoms. The Morgan fingerprint density at radius 3 is 2.50 bits per heavy atom. The fourth-order valence-electron chi connectivity index (χ4n) is 2.82. The SMILES string of the molecule is C=CCO/N=C(\C)c1ccc(-c2ccccc2NC(O)C(C(F)=NC)=C(C)N)cc1. The Morgan fingerprint density at radius 2 is 1.90 bits per heavy atom. The van der Waals surface area contributed by atoms with Crippen molar-refractivity contribution >= 4 is 17.4 Å². The first-order valence-electron chi connectivity index (χ1n) is 9.39. The van der Waals surface area contributed by atoms with E-state index in [1.54, 1.807) is 12.1 Å². The van der Waals surface area contributed by atoms with Crippen LogP contribution in [0.1, 0.15) is 19.4 Å². The van der Waals surface area contributed by atoms with Crippen LogP contribution in [0, 0.1) is 0 Å². The van der Waals surface area contributed by atoms with Crippen molar-refractivity contribution in [3.63, 3.8) is 0 Å². The van der Waals surface area contributed by atoms with E-state index in [-0.39, 0.29) is 11.3 Å². The lowest BCUT2D eigenvalue weighted by Crippen LogP contribution is -2.27. The van der Waals surface area contributed by atoms with E-state index in [1.165, 1.54) is 14.0 Å². The highest BCUT2D eigenvalue weighted by Crippen LogP contribution is 2.29. The predicted molar refractivity (Wildman–Crippen MR) is 121 cm³/mol. The van der Waals surface area contributed by atoms with Gasteiger partial charge in [-0.2, -0.15) is 4.39 Å². The molecule has 2 rings (SSSR count). The number of benzene rings is 2. The zero-order chi connectivity index (χ0) is 22.1. The average molecular weight is 410 g/mol. The van der Waals surface area contributed by atoms with Gasteiger partial charge in [-0.3, -0.25) is 4.99 Å². The summed E-state index contributed by atoms with van der Waals surface area (Å²) in [5.74, 6) is -0.815. The highest BCUT2D eigenvalue weighted by molar-refractivity contribution is 5.99. The predicted octanol–water partition coefficient (Wildman–Crippen LogP) is 4.24. The van der Waals surface area contributed by atoms with E-state index in [2.05, 4.69) is 22.0 Å². The summed E-state index contributed by atoms with van der Waals surface area (Å²) in [5, 5.41) is 17.5. The maximum absolute atomic E-state index is 14.0. The maximum Gasteiger partial charge on any atom is 0.217 e. The Kier molecular flexibility index (Phi) is 8.31. The summed E-state index contributed by atoms with van der Waals surface area (Å²) in [6, 6.07) is 15.1. The number of oxime groups is 1. The normalized spacial score (nSPS) is 14.0. The summed E-state index contributed by atoms with van der Waals surface area (Å²) in [6.45, 7) is 7.30. The molecule has 2 aromatic carbocycles. The van der Waals surface area contributed by atoms with Gasteiger partial charge < -0.3 is 21.0 Å². The third kappa shape index (κ3) is 5.78. The highest BCUT2D eigenvalue weighted by atomic mass is 19.1. The largest absolute Gasteiger partial charge is 0.402 e. The average Bonchev–Trinajstić information content (AvgIpc) is 2.74. The topological polar surface area (TPSA) is 92.2 Å². The number of anilines is 1. The number of hydrogen-bond donors (Lipinski definition) is 3. The van der Waals surface area contributed by atoms with E-state index >= 15 is 0 Å². The van der Waals surface area contributed by atoms with Gasteiger partial charge in [-0.1, -0.05) is 60.3 Å². The highest BCUT2D eigenvalue weighted by Gasteiger charge is 2.20. The van der Waals surface area contributed by atoms with E-state index in [0.717, 1.165) is 22.4 Å². The van der Waals surface area contributed by atoms with Crippen LogP contribution in [0.15, 0.2) is 82.6 Å². The number of aliphatic hydroxyl groups is 1. The van der Waals surface area contributed by atoms with Crippen molar-refractivity contribution in [2.24, 2.45) is 15.9 Å². The number of nitrogens with one attached hydrogen (secondary N) is 1. The molecule has 158 valence electrons. The minimum atomic E-state index is -1.35. The first-order chi connectivity index (χ1) is 14.4. The molecule has 4 N–H and O–H groups in total. The molecule has 1 unspecified atom stereocenters. The van der Waals surface area contributed by atoms with E-state index in [4.69, 9.17) is 10.6 Å². The van der Waals surface area contributed by atoms with Gasteiger partial charge in [0.15, 0.2) is 6.23 Å². The maximum atomic E-state index is 14.0. The van der Waals surface area contributed by atoms with Crippen LogP contribution in [0.5, 0.6) is 0 Å². The van der Waals surface area contributed by atoms with Crippen LogP contribution in [0.2, 0.25) is 0 Å². The molecule has 2 aromatic rings. The number of allylic oxidation sites excluding steroid dienone is 1. The second-order valence-corrected chi connectivity index (χ2v) is 6.54. The smallest absolute Gasteiger partial charge is 0.217 e. The van der Waals surface area contributed by atoms with Crippen molar-refractivity contribution in [3.05, 3.63) is 78.0 Å². The van der Waals surface area contributed by atoms with E-state index in [0.29, 0.717) is 12.3 Å². The number of aliphatic imine (C=N–C) groups is 1. The van der Waals surface area contributed by atoms with Gasteiger partial charge in [-0.05, 0) is 31.0 Å². The Hall–Kier alpha value is -3.45. The van der Waals surface area contributed by atoms with Gasteiger partial charge >= 0.3 is 0 Å². The van der Waals surface area contributed by atoms with Crippen LogP contribution in [-0.4, -0.2) is 36.7 Å². The second-order valence-electron chi connectivity index (χ2n) is 6.54. The van der Waals surface area contributed by atoms with Crippen molar-refractivity contribution in [1.82, 2.24) is 0 Å². The molecular weight excluding hydrogens is 383 g/mol. The number of hydrogen-bond acceptors (Lipinski definition) is 6. The van der Waals surface area contributed by atoms with Gasteiger partial charge in [0, 0.05) is 24.0 Å². The summed E-state index contributed by atoms with van der Waals surface area (Å²) in [4.78, 5) is 8.62. The molecular formula is C23H27FN4O2. The quantitative estimate of drug-likeness (QED) is 0.190. The van der Waals surface area contributed by atoms with Crippen LogP contribution in [0.4, 0.5) is 10.1 Å². The van der Waals surface area contributed by atoms with Crippen LogP contribution in [0.25, 0.3) is 11.1 Å². The van der Waals surface area contributed by atoms with Gasteiger partial charge in [0.25, 0.3) is 0 Å². The molecule has 0 fully saturated rings. The van der Waals surface area contributed by atoms with Gasteiger partial charge in [0.05, 0.1) is 11.3 Å². The molecule has 0 heterocycles. The Morgan fingerprint density at radius 1 is 1.23 bits per heavy atom. The van der Waals surface area contributed by atoms with Crippen molar-refractivity contribution in [2.75, 3.05) is 19.0 Å². The number of rotatable bonds is 9. The van der Waals surface area contributed by atoms with Gasteiger partial charge in [0.2, 0.25) is 5.97 Å². The standard InChI is InChI=1S/C23H27FN4O2/c1-5-14-30-28-16(3)17-10-12-18(13-11-17)19-8-6-7-9-20(19)27-23(29)21(15(2)25)22(24)26-4/h5-13,23,27,29H,1,14,25H2,2-4H3/b21-15?,26-22?,28-16+. The molecule has 0 aliphatic rings. The van der Waals surface area contributed by atoms with E-state index in [9.17, 15) is 9.50 Å². The number of nitrogens with zero attached hydrogens (tertiary/aromatic N) is 2. The molecule has 0 saturated carbocycles. The lowest BCUT2D eigenvalue weighted by Gasteiger charge is -2.20. The molecule has 0 radical (unpaired) electrons. The lowest BCUT2D eigenvalue weighted by atomic mass is 10.0. The number of para-hydroxylation sites is 1. The van der Waals surface area contributed by atoms with Crippen molar-refractivity contribution in [1.29, 1.82) is 0 Å². The first-order valence-corrected chi connectivity index (χ1v) is 9.39. The number of halogens is 1. The lowest BCUT2D eigenvalue weighted by molar-refractivity contribution is 0.175. The van der Waals surface area contributed by atoms with Crippen LogP contribution in [0.3, 0.4) is 0 Å². The summed E-state index contributed by atoms with van der Waals surface area (Å²) >= 11 is 0. The van der Waals surface area contributed by atoms with Crippen molar-refractivity contribution in [3.8, 4) is 11.1 Å². The molecule has 30 heavy (non-hydrogen) atoms. The molecule has 0 amide bonds. The molecule has 0 spiro atoms. The van der Waals surface area contributed by atoms with Gasteiger partial charge in [-0.15, -0.1) is 0 Å². The fraction of sp³-hybridized carbons (Fsp3) is 0.217. The molecule has 0 saturated heterocycles. The minimum Gasteiger partial charge on any atom is -0.402 e. The molecule has 1 atom stereocenters. The monoisotopic (exact) mass is 410 g/mol. The Bertz CT molecular complexity index is 961. The van der Waals surface area contributed by atoms with E-state index in [1.807, 2.05) is 49.4 Å². The first kappa shape index (κ1) is 22.8. The summed E-state index contributed by atoms with van der Waals surface area (Å²) in [7, 11) is 1.30. The zero-order valence-corrected chi connectivity index (χ0v) is 17.4. The second kappa shape index (κ2) is 10.9. The summed E-state index contributed by atoms with van der Waals surface area (Å²) in [5.41, 5.74) is 9.83. The van der Waals surface area contributed by atoms with Gasteiger partial charge in [0.1, 0.15) is 6.61 Å². The molecule has 0 aromatic heterocycles.